The second kappa shape index (κ2) is 18.8. The fourth-order valence-electron chi connectivity index (χ4n) is 6.06. The minimum Gasteiger partial charge on any atom is -0.850 e. The Morgan fingerprint density at radius 2 is 1.11 bits per heavy atom. The van der Waals surface area contributed by atoms with Crippen molar-refractivity contribution in [3.8, 4) is 22.3 Å². The van der Waals surface area contributed by atoms with Gasteiger partial charge < -0.3 is 5.11 Å². The van der Waals surface area contributed by atoms with E-state index in [0.717, 1.165) is 6.42 Å². The SMILES string of the molecule is Brc1ccc2c(c1)Cc1ccccc1-2.CC(C)(C)[O-].CCCC1(CCC)c2ccccc2-c2ccc(Br)cc21.CCCI.[Na+]. The molecule has 0 aliphatic heterocycles. The summed E-state index contributed by atoms with van der Waals surface area (Å²) in [4.78, 5) is 0. The molecule has 0 spiro atoms. The van der Waals surface area contributed by atoms with Gasteiger partial charge in [-0.05, 0) is 98.9 Å². The zero-order valence-electron chi connectivity index (χ0n) is 27.6. The molecule has 0 saturated heterocycles. The maximum absolute atomic E-state index is 10.1. The van der Waals surface area contributed by atoms with Gasteiger partial charge in [0.15, 0.2) is 0 Å². The molecule has 2 aliphatic rings. The van der Waals surface area contributed by atoms with Crippen molar-refractivity contribution in [2.24, 2.45) is 0 Å². The second-order valence-electron chi connectivity index (χ2n) is 12.3. The first kappa shape index (κ1) is 39.7. The molecule has 4 aromatic carbocycles. The number of hydrogen-bond acceptors (Lipinski definition) is 1. The van der Waals surface area contributed by atoms with Gasteiger partial charge in [-0.25, -0.2) is 0 Å². The summed E-state index contributed by atoms with van der Waals surface area (Å²) < 4.78 is 3.65. The van der Waals surface area contributed by atoms with Crippen molar-refractivity contribution in [1.29, 1.82) is 0 Å². The average molecular weight is 840 g/mol. The standard InChI is InChI=1S/C19H21Br.C13H9Br.C4H9O.C3H7I.Na/c1-3-11-19(12-4-2)17-8-6-5-7-15(17)16-10-9-14(20)13-18(16)19;14-11-5-6-13-10(8-11)7-9-3-1-2-4-12(9)13;1-4(2,3)5;1-2-3-4;/h5-10,13H,3-4,11-12H2,1-2H3;1-6,8H,7H2;1-3H3;2-3H2,1H3;/q;;-1;;+1. The van der Waals surface area contributed by atoms with E-state index in [-0.39, 0.29) is 35.0 Å². The number of benzene rings is 4. The van der Waals surface area contributed by atoms with Crippen LogP contribution in [0.2, 0.25) is 0 Å². The molecule has 6 rings (SSSR count). The molecule has 0 amide bonds. The maximum atomic E-state index is 10.1. The van der Waals surface area contributed by atoms with Gasteiger partial charge in [-0.2, -0.15) is 0 Å². The van der Waals surface area contributed by atoms with Crippen molar-refractivity contribution in [2.45, 2.75) is 91.1 Å². The third-order valence-electron chi connectivity index (χ3n) is 7.53. The number of rotatable bonds is 5. The molecule has 0 unspecified atom stereocenters. The van der Waals surface area contributed by atoms with Crippen LogP contribution >= 0.6 is 54.5 Å². The van der Waals surface area contributed by atoms with E-state index in [1.165, 1.54) is 90.0 Å². The molecular formula is C39H46Br2INaO. The first-order chi connectivity index (χ1) is 20.5. The Morgan fingerprint density at radius 3 is 1.68 bits per heavy atom. The summed E-state index contributed by atoms with van der Waals surface area (Å²) in [5, 5.41) is 10.1. The van der Waals surface area contributed by atoms with Gasteiger partial charge in [0.05, 0.1) is 0 Å². The Kier molecular flexibility index (Phi) is 16.9. The minimum atomic E-state index is -0.750. The van der Waals surface area contributed by atoms with E-state index in [2.05, 4.69) is 160 Å². The zero-order valence-corrected chi connectivity index (χ0v) is 34.9. The molecule has 0 saturated carbocycles. The smallest absolute Gasteiger partial charge is 0.850 e. The van der Waals surface area contributed by atoms with Crippen LogP contribution in [0.1, 0.15) is 95.9 Å². The van der Waals surface area contributed by atoms with Crippen LogP contribution in [0.15, 0.2) is 93.9 Å². The van der Waals surface area contributed by atoms with E-state index in [9.17, 15) is 5.11 Å². The molecule has 4 aromatic rings. The molecule has 44 heavy (non-hydrogen) atoms. The quantitative estimate of drug-likeness (QED) is 0.0984. The van der Waals surface area contributed by atoms with Crippen molar-refractivity contribution in [1.82, 2.24) is 0 Å². The van der Waals surface area contributed by atoms with Crippen molar-refractivity contribution in [3.05, 3.63) is 116 Å². The van der Waals surface area contributed by atoms with Crippen molar-refractivity contribution < 1.29 is 34.7 Å². The van der Waals surface area contributed by atoms with Crippen LogP contribution in [0.4, 0.5) is 0 Å². The molecule has 0 heterocycles. The molecule has 1 nitrogen and oxygen atoms in total. The van der Waals surface area contributed by atoms with Crippen LogP contribution in [-0.4, -0.2) is 10.0 Å². The number of halogens is 3. The molecule has 2 aliphatic carbocycles. The topological polar surface area (TPSA) is 23.1 Å². The Balaban J connectivity index is 0.000000244. The first-order valence-corrected chi connectivity index (χ1v) is 18.6. The fraction of sp³-hybridized carbons (Fsp3) is 0.385. The summed E-state index contributed by atoms with van der Waals surface area (Å²) >= 11 is 9.52. The van der Waals surface area contributed by atoms with Gasteiger partial charge in [-0.1, -0.05) is 169 Å². The maximum Gasteiger partial charge on any atom is 1.00 e. The predicted molar refractivity (Wildman–Crippen MR) is 201 cm³/mol. The molecule has 0 bridgehead atoms. The van der Waals surface area contributed by atoms with Crippen molar-refractivity contribution >= 4 is 54.5 Å². The second-order valence-corrected chi connectivity index (χ2v) is 15.2. The van der Waals surface area contributed by atoms with E-state index < -0.39 is 5.60 Å². The van der Waals surface area contributed by atoms with Crippen LogP contribution in [0.25, 0.3) is 22.3 Å². The van der Waals surface area contributed by atoms with Crippen molar-refractivity contribution in [3.63, 3.8) is 0 Å². The molecule has 0 atom stereocenters. The Hall–Kier alpha value is -0.470. The average Bonchev–Trinajstić information content (AvgIpc) is 3.46. The molecule has 230 valence electrons. The molecular weight excluding hydrogens is 794 g/mol. The number of hydrogen-bond donors (Lipinski definition) is 0. The predicted octanol–water partition coefficient (Wildman–Crippen LogP) is 9.32. The van der Waals surface area contributed by atoms with Crippen molar-refractivity contribution in [2.75, 3.05) is 4.43 Å². The summed E-state index contributed by atoms with van der Waals surface area (Å²) in [6.07, 6.45) is 7.30. The van der Waals surface area contributed by atoms with Crippen LogP contribution in [0.3, 0.4) is 0 Å². The monoisotopic (exact) mass is 838 g/mol. The Bertz CT molecular complexity index is 1460. The van der Waals surface area contributed by atoms with Gasteiger partial charge in [0.2, 0.25) is 0 Å². The van der Waals surface area contributed by atoms with E-state index in [1.54, 1.807) is 20.8 Å². The molecule has 0 N–H and O–H groups in total. The summed E-state index contributed by atoms with van der Waals surface area (Å²) in [5.74, 6) is 0. The summed E-state index contributed by atoms with van der Waals surface area (Å²) in [6, 6.07) is 31.0. The van der Waals surface area contributed by atoms with Gasteiger partial charge in [0.25, 0.3) is 0 Å². The molecule has 0 fully saturated rings. The molecule has 0 radical (unpaired) electrons. The number of alkyl halides is 1. The van der Waals surface area contributed by atoms with E-state index in [1.807, 2.05) is 0 Å². The van der Waals surface area contributed by atoms with Gasteiger partial charge >= 0.3 is 29.6 Å². The molecule has 0 aromatic heterocycles. The van der Waals surface area contributed by atoms with Crippen LogP contribution < -0.4 is 34.7 Å². The largest absolute Gasteiger partial charge is 1.00 e. The van der Waals surface area contributed by atoms with Crippen LogP contribution in [-0.2, 0) is 11.8 Å². The van der Waals surface area contributed by atoms with Gasteiger partial charge in [0.1, 0.15) is 0 Å². The Morgan fingerprint density at radius 1 is 0.659 bits per heavy atom. The fourth-order valence-corrected chi connectivity index (χ4v) is 6.83. The summed E-state index contributed by atoms with van der Waals surface area (Å²) in [7, 11) is 0. The van der Waals surface area contributed by atoms with Gasteiger partial charge in [-0.15, -0.1) is 5.60 Å². The van der Waals surface area contributed by atoms with Crippen LogP contribution in [0.5, 0.6) is 0 Å². The zero-order chi connectivity index (χ0) is 31.6. The summed E-state index contributed by atoms with van der Waals surface area (Å²) in [5.41, 5.74) is 11.1. The van der Waals surface area contributed by atoms with Crippen LogP contribution in [0, 0.1) is 0 Å². The first-order valence-electron chi connectivity index (χ1n) is 15.5. The van der Waals surface area contributed by atoms with Gasteiger partial charge in [-0.3, -0.25) is 0 Å². The third-order valence-corrected chi connectivity index (χ3v) is 9.59. The number of fused-ring (bicyclic) bond motifs is 6. The van der Waals surface area contributed by atoms with Gasteiger partial charge in [0, 0.05) is 14.4 Å². The Labute approximate surface area is 319 Å². The third kappa shape index (κ3) is 10.5. The normalized spacial score (nSPS) is 12.8. The van der Waals surface area contributed by atoms with E-state index in [0.29, 0.717) is 0 Å². The minimum absolute atomic E-state index is 0. The van der Waals surface area contributed by atoms with E-state index >= 15 is 0 Å². The summed E-state index contributed by atoms with van der Waals surface area (Å²) in [6.45, 7) is 11.7. The van der Waals surface area contributed by atoms with E-state index in [4.69, 9.17) is 0 Å². The molecule has 5 heteroatoms.